The molecule has 2 N–H and O–H groups in total. The maximum Gasteiger partial charge on any atom is 0.255 e. The Hall–Kier alpha value is -2.56. The Morgan fingerprint density at radius 1 is 1.21 bits per heavy atom. The Balaban J connectivity index is 2.12. The number of carbonyl (C=O) groups is 1. The molecule has 5 nitrogen and oxygen atoms in total. The van der Waals surface area contributed by atoms with Gasteiger partial charge in [-0.25, -0.2) is 0 Å². The molecule has 0 bridgehead atoms. The molecular weight excluding hydrogens is 244 g/mol. The maximum atomic E-state index is 12.1. The fourth-order valence-corrected chi connectivity index (χ4v) is 1.77. The summed E-state index contributed by atoms with van der Waals surface area (Å²) >= 11 is 0. The van der Waals surface area contributed by atoms with Crippen LogP contribution in [0.1, 0.15) is 15.9 Å². The SMILES string of the molecule is CN(Cc1cccc(O)c1)C(=O)c1cncc(O)c1. The normalized spacial score (nSPS) is 10.2. The smallest absolute Gasteiger partial charge is 0.255 e. The summed E-state index contributed by atoms with van der Waals surface area (Å²) in [6.45, 7) is 0.364. The van der Waals surface area contributed by atoms with E-state index in [9.17, 15) is 15.0 Å². The quantitative estimate of drug-likeness (QED) is 0.879. The van der Waals surface area contributed by atoms with E-state index in [1.165, 1.54) is 23.4 Å². The Morgan fingerprint density at radius 2 is 2.00 bits per heavy atom. The molecule has 98 valence electrons. The lowest BCUT2D eigenvalue weighted by molar-refractivity contribution is 0.0784. The molecule has 1 amide bonds. The van der Waals surface area contributed by atoms with Crippen LogP contribution in [0.4, 0.5) is 0 Å². The van der Waals surface area contributed by atoms with Gasteiger partial charge in [0.25, 0.3) is 5.91 Å². The predicted octanol–water partition coefficient (Wildman–Crippen LogP) is 1.76. The van der Waals surface area contributed by atoms with Gasteiger partial charge in [-0.3, -0.25) is 9.78 Å². The van der Waals surface area contributed by atoms with Crippen molar-refractivity contribution in [2.45, 2.75) is 6.54 Å². The number of amides is 1. The summed E-state index contributed by atoms with van der Waals surface area (Å²) in [6, 6.07) is 8.09. The third-order valence-electron chi connectivity index (χ3n) is 2.65. The molecule has 0 radical (unpaired) electrons. The minimum atomic E-state index is -0.244. The summed E-state index contributed by atoms with van der Waals surface area (Å²) < 4.78 is 0. The minimum absolute atomic E-state index is 0.0448. The van der Waals surface area contributed by atoms with Gasteiger partial charge in [0.15, 0.2) is 0 Å². The number of nitrogens with zero attached hydrogens (tertiary/aromatic N) is 2. The van der Waals surface area contributed by atoms with Crippen molar-refractivity contribution in [3.63, 3.8) is 0 Å². The van der Waals surface area contributed by atoms with Crippen LogP contribution in [0, 0.1) is 0 Å². The highest BCUT2D eigenvalue weighted by atomic mass is 16.3. The first-order chi connectivity index (χ1) is 9.06. The Labute approximate surface area is 110 Å². The number of rotatable bonds is 3. The number of aromatic hydroxyl groups is 2. The van der Waals surface area contributed by atoms with Crippen LogP contribution in [0.2, 0.25) is 0 Å². The van der Waals surface area contributed by atoms with Gasteiger partial charge in [0, 0.05) is 19.8 Å². The van der Waals surface area contributed by atoms with Crippen LogP contribution in [-0.4, -0.2) is 33.1 Å². The lowest BCUT2D eigenvalue weighted by Crippen LogP contribution is -2.26. The summed E-state index contributed by atoms with van der Waals surface area (Å²) in [5.41, 5.74) is 1.15. The molecule has 0 aliphatic carbocycles. The molecule has 0 unspecified atom stereocenters. The van der Waals surface area contributed by atoms with Crippen LogP contribution in [0.3, 0.4) is 0 Å². The zero-order chi connectivity index (χ0) is 13.8. The summed E-state index contributed by atoms with van der Waals surface area (Å²) in [6.07, 6.45) is 2.67. The Kier molecular flexibility index (Phi) is 3.66. The predicted molar refractivity (Wildman–Crippen MR) is 69.8 cm³/mol. The van der Waals surface area contributed by atoms with E-state index in [2.05, 4.69) is 4.98 Å². The lowest BCUT2D eigenvalue weighted by Gasteiger charge is -2.17. The molecule has 5 heteroatoms. The van der Waals surface area contributed by atoms with Crippen LogP contribution in [0.5, 0.6) is 11.5 Å². The highest BCUT2D eigenvalue weighted by Gasteiger charge is 2.13. The molecule has 1 aromatic carbocycles. The minimum Gasteiger partial charge on any atom is -0.508 e. The summed E-state index contributed by atoms with van der Waals surface area (Å²) in [5.74, 6) is -0.124. The standard InChI is InChI=1S/C14H14N2O3/c1-16(9-10-3-2-4-12(17)5-10)14(19)11-6-13(18)8-15-7-11/h2-8,17-18H,9H2,1H3. The van der Waals surface area contributed by atoms with Gasteiger partial charge in [0.2, 0.25) is 0 Å². The zero-order valence-corrected chi connectivity index (χ0v) is 10.4. The van der Waals surface area contributed by atoms with E-state index in [0.717, 1.165) is 5.56 Å². The Bertz CT molecular complexity index is 599. The molecule has 2 aromatic rings. The van der Waals surface area contributed by atoms with Crippen molar-refractivity contribution in [1.82, 2.24) is 9.88 Å². The first-order valence-corrected chi connectivity index (χ1v) is 5.73. The number of hydrogen-bond donors (Lipinski definition) is 2. The van der Waals surface area contributed by atoms with E-state index in [4.69, 9.17) is 0 Å². The number of carbonyl (C=O) groups excluding carboxylic acids is 1. The van der Waals surface area contributed by atoms with Crippen LogP contribution >= 0.6 is 0 Å². The van der Waals surface area contributed by atoms with E-state index >= 15 is 0 Å². The molecule has 0 atom stereocenters. The van der Waals surface area contributed by atoms with Crippen molar-refractivity contribution in [1.29, 1.82) is 0 Å². The Morgan fingerprint density at radius 3 is 2.68 bits per heavy atom. The molecule has 19 heavy (non-hydrogen) atoms. The highest BCUT2D eigenvalue weighted by molar-refractivity contribution is 5.94. The third-order valence-corrected chi connectivity index (χ3v) is 2.65. The molecule has 2 rings (SSSR count). The molecule has 0 aliphatic heterocycles. The molecule has 0 saturated carbocycles. The van der Waals surface area contributed by atoms with E-state index in [-0.39, 0.29) is 17.4 Å². The van der Waals surface area contributed by atoms with Gasteiger partial charge >= 0.3 is 0 Å². The molecule has 0 spiro atoms. The summed E-state index contributed by atoms with van der Waals surface area (Å²) in [4.78, 5) is 17.4. The lowest BCUT2D eigenvalue weighted by atomic mass is 10.2. The largest absolute Gasteiger partial charge is 0.508 e. The van der Waals surface area contributed by atoms with E-state index in [1.807, 2.05) is 6.07 Å². The van der Waals surface area contributed by atoms with Crippen molar-refractivity contribution in [2.75, 3.05) is 7.05 Å². The number of hydrogen-bond acceptors (Lipinski definition) is 4. The number of phenols is 1. The van der Waals surface area contributed by atoms with Crippen molar-refractivity contribution in [3.05, 3.63) is 53.9 Å². The van der Waals surface area contributed by atoms with E-state index in [0.29, 0.717) is 12.1 Å². The molecule has 0 aliphatic rings. The number of pyridine rings is 1. The molecule has 1 heterocycles. The fourth-order valence-electron chi connectivity index (χ4n) is 1.77. The second kappa shape index (κ2) is 5.39. The highest BCUT2D eigenvalue weighted by Crippen LogP contribution is 2.15. The third kappa shape index (κ3) is 3.22. The van der Waals surface area contributed by atoms with Crippen molar-refractivity contribution in [2.24, 2.45) is 0 Å². The molecular formula is C14H14N2O3. The maximum absolute atomic E-state index is 12.1. The van der Waals surface area contributed by atoms with Gasteiger partial charge in [-0.1, -0.05) is 12.1 Å². The summed E-state index contributed by atoms with van der Waals surface area (Å²) in [7, 11) is 1.65. The van der Waals surface area contributed by atoms with E-state index in [1.54, 1.807) is 25.2 Å². The number of benzene rings is 1. The van der Waals surface area contributed by atoms with Gasteiger partial charge in [0.1, 0.15) is 11.5 Å². The van der Waals surface area contributed by atoms with Gasteiger partial charge in [-0.05, 0) is 23.8 Å². The van der Waals surface area contributed by atoms with Crippen LogP contribution in [-0.2, 0) is 6.54 Å². The van der Waals surface area contributed by atoms with Crippen LogP contribution in [0.25, 0.3) is 0 Å². The fraction of sp³-hybridized carbons (Fsp3) is 0.143. The monoisotopic (exact) mass is 258 g/mol. The van der Waals surface area contributed by atoms with Gasteiger partial charge in [-0.2, -0.15) is 0 Å². The first kappa shape index (κ1) is 12.9. The van der Waals surface area contributed by atoms with Crippen molar-refractivity contribution >= 4 is 5.91 Å². The number of phenolic OH excluding ortho intramolecular Hbond substituents is 1. The van der Waals surface area contributed by atoms with Gasteiger partial charge in [-0.15, -0.1) is 0 Å². The average Bonchev–Trinajstić information content (AvgIpc) is 2.38. The molecule has 0 fully saturated rings. The molecule has 1 aromatic heterocycles. The van der Waals surface area contributed by atoms with Crippen LogP contribution < -0.4 is 0 Å². The summed E-state index contributed by atoms with van der Waals surface area (Å²) in [5, 5.41) is 18.7. The first-order valence-electron chi connectivity index (χ1n) is 5.73. The van der Waals surface area contributed by atoms with Crippen molar-refractivity contribution in [3.8, 4) is 11.5 Å². The second-order valence-electron chi connectivity index (χ2n) is 4.26. The van der Waals surface area contributed by atoms with Crippen LogP contribution in [0.15, 0.2) is 42.7 Å². The zero-order valence-electron chi connectivity index (χ0n) is 10.4. The van der Waals surface area contributed by atoms with Crippen molar-refractivity contribution < 1.29 is 15.0 Å². The van der Waals surface area contributed by atoms with E-state index < -0.39 is 0 Å². The second-order valence-corrected chi connectivity index (χ2v) is 4.26. The average molecular weight is 258 g/mol. The molecule has 0 saturated heterocycles. The number of aromatic nitrogens is 1. The van der Waals surface area contributed by atoms with Gasteiger partial charge < -0.3 is 15.1 Å². The van der Waals surface area contributed by atoms with Gasteiger partial charge in [0.05, 0.1) is 11.8 Å². The topological polar surface area (TPSA) is 73.7 Å².